The number of nitrogens with one attached hydrogen (secondary N) is 1. The lowest BCUT2D eigenvalue weighted by atomic mass is 9.96. The number of hydrogen-bond donors (Lipinski definition) is 1. The van der Waals surface area contributed by atoms with Gasteiger partial charge in [0.15, 0.2) is 0 Å². The highest BCUT2D eigenvalue weighted by molar-refractivity contribution is 5.23. The molecule has 0 aliphatic heterocycles. The lowest BCUT2D eigenvalue weighted by Crippen LogP contribution is -2.32. The fourth-order valence-corrected chi connectivity index (χ4v) is 3.70. The van der Waals surface area contributed by atoms with Crippen LogP contribution in [0, 0.1) is 12.3 Å². The molecule has 0 amide bonds. The van der Waals surface area contributed by atoms with Crippen molar-refractivity contribution < 1.29 is 0 Å². The summed E-state index contributed by atoms with van der Waals surface area (Å²) in [4.78, 5) is 2.37. The number of unbranched alkanes of at least 4 members (excludes halogenated alkanes) is 5. The molecule has 0 spiro atoms. The van der Waals surface area contributed by atoms with E-state index >= 15 is 0 Å². The van der Waals surface area contributed by atoms with Crippen molar-refractivity contribution >= 4 is 0 Å². The maximum absolute atomic E-state index is 5.30. The number of terminal acetylenes is 1. The van der Waals surface area contributed by atoms with Crippen LogP contribution in [0.15, 0.2) is 73.7 Å². The van der Waals surface area contributed by atoms with Crippen LogP contribution in [0.2, 0.25) is 0 Å². The zero-order chi connectivity index (χ0) is 23.3. The fraction of sp³-hybridized carbons (Fsp3) is 0.517. The van der Waals surface area contributed by atoms with E-state index in [-0.39, 0.29) is 0 Å². The SMILES string of the molecule is C#CCCCCCC(=C)NCCCCC(/C(=C\C=C)CC)N(C)/C(C=C)=C\CCC=C. The summed E-state index contributed by atoms with van der Waals surface area (Å²) >= 11 is 0. The smallest absolute Gasteiger partial charge is 0.0501 e. The van der Waals surface area contributed by atoms with Gasteiger partial charge in [-0.15, -0.1) is 18.9 Å². The van der Waals surface area contributed by atoms with Crippen molar-refractivity contribution in [2.24, 2.45) is 0 Å². The first kappa shape index (κ1) is 28.6. The Hall–Kier alpha value is -2.40. The molecule has 2 nitrogen and oxygen atoms in total. The molecule has 1 unspecified atom stereocenters. The number of nitrogens with zero attached hydrogens (tertiary/aromatic N) is 1. The minimum absolute atomic E-state index is 0.357. The monoisotopic (exact) mass is 422 g/mol. The van der Waals surface area contributed by atoms with E-state index in [2.05, 4.69) is 68.6 Å². The van der Waals surface area contributed by atoms with E-state index in [0.29, 0.717) is 6.04 Å². The third-order valence-electron chi connectivity index (χ3n) is 5.56. The zero-order valence-corrected chi connectivity index (χ0v) is 20.3. The van der Waals surface area contributed by atoms with Crippen molar-refractivity contribution in [2.45, 2.75) is 83.6 Å². The molecule has 0 aromatic heterocycles. The standard InChI is InChI=1S/C29H46N2/c1-8-13-15-16-18-22-26(6)30-25-20-19-24-29(27(11-4)21-10-3)31(7)28(12-5)23-17-14-9-2/h1,9-10,12,21,23,29-30H,2-3,5-6,11,13-20,22,24-25H2,4,7H3/b27-21-,28-23-. The van der Waals surface area contributed by atoms with Gasteiger partial charge in [-0.3, -0.25) is 0 Å². The summed E-state index contributed by atoms with van der Waals surface area (Å²) in [6.07, 6.45) is 27.3. The van der Waals surface area contributed by atoms with Crippen LogP contribution in [0.4, 0.5) is 0 Å². The Kier molecular flexibility index (Phi) is 18.0. The first-order chi connectivity index (χ1) is 15.0. The van der Waals surface area contributed by atoms with Gasteiger partial charge in [-0.2, -0.15) is 0 Å². The Morgan fingerprint density at radius 2 is 1.87 bits per heavy atom. The first-order valence-corrected chi connectivity index (χ1v) is 11.9. The van der Waals surface area contributed by atoms with Crippen LogP contribution in [-0.4, -0.2) is 24.5 Å². The van der Waals surface area contributed by atoms with Crippen molar-refractivity contribution in [2.75, 3.05) is 13.6 Å². The molecule has 1 atom stereocenters. The Morgan fingerprint density at radius 1 is 1.10 bits per heavy atom. The van der Waals surface area contributed by atoms with Crippen LogP contribution < -0.4 is 5.32 Å². The highest BCUT2D eigenvalue weighted by Crippen LogP contribution is 2.23. The van der Waals surface area contributed by atoms with E-state index in [0.717, 1.165) is 76.5 Å². The predicted octanol–water partition coefficient (Wildman–Crippen LogP) is 7.70. The number of hydrogen-bond acceptors (Lipinski definition) is 2. The Bertz CT molecular complexity index is 630. The van der Waals surface area contributed by atoms with Crippen LogP contribution in [-0.2, 0) is 0 Å². The average Bonchev–Trinajstić information content (AvgIpc) is 2.77. The lowest BCUT2D eigenvalue weighted by Gasteiger charge is -2.33. The molecular formula is C29H46N2. The van der Waals surface area contributed by atoms with Gasteiger partial charge in [-0.1, -0.05) is 57.4 Å². The summed E-state index contributed by atoms with van der Waals surface area (Å²) in [6.45, 7) is 19.1. The minimum atomic E-state index is 0.357. The van der Waals surface area contributed by atoms with Crippen molar-refractivity contribution in [3.05, 3.63) is 73.7 Å². The van der Waals surface area contributed by atoms with Crippen molar-refractivity contribution in [3.63, 3.8) is 0 Å². The van der Waals surface area contributed by atoms with Crippen LogP contribution in [0.25, 0.3) is 0 Å². The third-order valence-corrected chi connectivity index (χ3v) is 5.56. The molecule has 1 N–H and O–H groups in total. The fourth-order valence-electron chi connectivity index (χ4n) is 3.70. The van der Waals surface area contributed by atoms with Gasteiger partial charge >= 0.3 is 0 Å². The van der Waals surface area contributed by atoms with E-state index in [1.54, 1.807) is 0 Å². The molecular weight excluding hydrogens is 376 g/mol. The molecule has 0 saturated heterocycles. The maximum atomic E-state index is 5.30. The number of likely N-dealkylation sites (N-methyl/N-ethyl adjacent to an activating group) is 1. The van der Waals surface area contributed by atoms with E-state index in [1.807, 2.05) is 18.2 Å². The van der Waals surface area contributed by atoms with Crippen molar-refractivity contribution in [1.29, 1.82) is 0 Å². The molecule has 0 aliphatic carbocycles. The first-order valence-electron chi connectivity index (χ1n) is 11.9. The topological polar surface area (TPSA) is 15.3 Å². The van der Waals surface area contributed by atoms with Gasteiger partial charge < -0.3 is 10.2 Å². The lowest BCUT2D eigenvalue weighted by molar-refractivity contribution is 0.319. The van der Waals surface area contributed by atoms with E-state index in [4.69, 9.17) is 6.42 Å². The molecule has 0 aromatic rings. The second kappa shape index (κ2) is 19.6. The van der Waals surface area contributed by atoms with Gasteiger partial charge in [-0.05, 0) is 69.4 Å². The molecule has 0 aromatic carbocycles. The summed E-state index contributed by atoms with van der Waals surface area (Å²) in [5.74, 6) is 2.70. The highest BCUT2D eigenvalue weighted by Gasteiger charge is 2.18. The second-order valence-electron chi connectivity index (χ2n) is 7.95. The van der Waals surface area contributed by atoms with Crippen LogP contribution in [0.1, 0.15) is 77.6 Å². The van der Waals surface area contributed by atoms with Gasteiger partial charge in [-0.25, -0.2) is 0 Å². The van der Waals surface area contributed by atoms with Gasteiger partial charge in [0.2, 0.25) is 0 Å². The molecule has 2 heteroatoms. The largest absolute Gasteiger partial charge is 0.389 e. The van der Waals surface area contributed by atoms with Gasteiger partial charge in [0.25, 0.3) is 0 Å². The number of allylic oxidation sites excluding steroid dienone is 6. The average molecular weight is 423 g/mol. The van der Waals surface area contributed by atoms with Crippen molar-refractivity contribution in [1.82, 2.24) is 10.2 Å². The Morgan fingerprint density at radius 3 is 2.48 bits per heavy atom. The normalized spacial score (nSPS) is 12.5. The minimum Gasteiger partial charge on any atom is -0.389 e. The van der Waals surface area contributed by atoms with Crippen molar-refractivity contribution in [3.8, 4) is 12.3 Å². The van der Waals surface area contributed by atoms with E-state index < -0.39 is 0 Å². The molecule has 0 rings (SSSR count). The second-order valence-corrected chi connectivity index (χ2v) is 7.95. The highest BCUT2D eigenvalue weighted by atomic mass is 15.1. The summed E-state index contributed by atoms with van der Waals surface area (Å²) in [5, 5.41) is 3.50. The van der Waals surface area contributed by atoms with Crippen LogP contribution in [0.3, 0.4) is 0 Å². The molecule has 0 bridgehead atoms. The van der Waals surface area contributed by atoms with Gasteiger partial charge in [0.05, 0.1) is 6.04 Å². The number of rotatable bonds is 20. The third kappa shape index (κ3) is 13.5. The van der Waals surface area contributed by atoms with Crippen LogP contribution >= 0.6 is 0 Å². The molecule has 0 aliphatic rings. The molecule has 0 radical (unpaired) electrons. The summed E-state index contributed by atoms with van der Waals surface area (Å²) in [5.41, 5.74) is 3.75. The van der Waals surface area contributed by atoms with Crippen LogP contribution in [0.5, 0.6) is 0 Å². The molecule has 31 heavy (non-hydrogen) atoms. The molecule has 0 fully saturated rings. The molecule has 0 heterocycles. The summed E-state index contributed by atoms with van der Waals surface area (Å²) < 4.78 is 0. The molecule has 172 valence electrons. The summed E-state index contributed by atoms with van der Waals surface area (Å²) in [7, 11) is 2.18. The van der Waals surface area contributed by atoms with E-state index in [1.165, 1.54) is 17.7 Å². The van der Waals surface area contributed by atoms with Gasteiger partial charge in [0, 0.05) is 31.4 Å². The summed E-state index contributed by atoms with van der Waals surface area (Å²) in [6, 6.07) is 0.357. The maximum Gasteiger partial charge on any atom is 0.0501 e. The zero-order valence-electron chi connectivity index (χ0n) is 20.3. The Labute approximate surface area is 193 Å². The van der Waals surface area contributed by atoms with Gasteiger partial charge in [0.1, 0.15) is 0 Å². The Balaban J connectivity index is 4.68. The predicted molar refractivity (Wildman–Crippen MR) is 141 cm³/mol. The quantitative estimate of drug-likeness (QED) is 0.0935. The van der Waals surface area contributed by atoms with E-state index in [9.17, 15) is 0 Å². The molecule has 0 saturated carbocycles.